The number of ether oxygens (including phenoxy) is 1. The maximum absolute atomic E-state index is 14.2. The first kappa shape index (κ1) is 24.5. The van der Waals surface area contributed by atoms with Crippen LogP contribution in [0.5, 0.6) is 5.75 Å². The molecule has 0 aliphatic carbocycles. The van der Waals surface area contributed by atoms with Crippen molar-refractivity contribution in [3.05, 3.63) is 80.5 Å². The van der Waals surface area contributed by atoms with Crippen LogP contribution >= 0.6 is 22.9 Å². The van der Waals surface area contributed by atoms with E-state index in [0.29, 0.717) is 31.7 Å². The fourth-order valence-corrected chi connectivity index (χ4v) is 5.24. The minimum atomic E-state index is -0.943. The number of carbonyl (C=O) groups excluding carboxylic acids is 1. The average Bonchev–Trinajstić information content (AvgIpc) is 3.23. The molecule has 5 nitrogen and oxygen atoms in total. The average molecular weight is 510 g/mol. The molecule has 1 aliphatic heterocycles. The van der Waals surface area contributed by atoms with Gasteiger partial charge in [0.15, 0.2) is 11.6 Å². The smallest absolute Gasteiger partial charge is 0.255 e. The maximum Gasteiger partial charge on any atom is 0.255 e. The highest BCUT2D eigenvalue weighted by atomic mass is 35.5. The van der Waals surface area contributed by atoms with Crippen LogP contribution in [-0.2, 0) is 0 Å². The number of hydrogen-bond donors (Lipinski definition) is 1. The highest BCUT2D eigenvalue weighted by Crippen LogP contribution is 2.31. The molecular weight excluding hydrogens is 487 g/mol. The molecule has 1 saturated heterocycles. The Hall–Kier alpha value is -2.62. The van der Waals surface area contributed by atoms with Gasteiger partial charge in [-0.15, -0.1) is 11.3 Å². The monoisotopic (exact) mass is 509 g/mol. The number of piperidine rings is 1. The van der Waals surface area contributed by atoms with Gasteiger partial charge in [0.2, 0.25) is 0 Å². The van der Waals surface area contributed by atoms with E-state index in [4.69, 9.17) is 16.3 Å². The fourth-order valence-electron chi connectivity index (χ4n) is 4.06. The molecule has 4 rings (SSSR count). The molecule has 0 radical (unpaired) electrons. The SMILES string of the molecule is Cc1ncsc1C(CNC(=O)c1c(F)cccc1Cl)N1CCC(Oc2ccc(F)c(F)c2)CC1. The van der Waals surface area contributed by atoms with Crippen LogP contribution < -0.4 is 10.1 Å². The van der Waals surface area contributed by atoms with Crippen molar-refractivity contribution in [3.63, 3.8) is 0 Å². The molecule has 1 unspecified atom stereocenters. The molecule has 1 N–H and O–H groups in total. The zero-order chi connectivity index (χ0) is 24.2. The summed E-state index contributed by atoms with van der Waals surface area (Å²) in [6.45, 7) is 3.48. The summed E-state index contributed by atoms with van der Waals surface area (Å²) in [6.07, 6.45) is 1.19. The van der Waals surface area contributed by atoms with Gasteiger partial charge in [-0.05, 0) is 44.0 Å². The summed E-state index contributed by atoms with van der Waals surface area (Å²) in [5, 5.41) is 2.88. The number of rotatable bonds is 7. The number of likely N-dealkylation sites (tertiary alicyclic amines) is 1. The predicted octanol–water partition coefficient (Wildman–Crippen LogP) is 5.54. The Morgan fingerprint density at radius 3 is 2.62 bits per heavy atom. The fraction of sp³-hybridized carbons (Fsp3) is 0.333. The van der Waals surface area contributed by atoms with Gasteiger partial charge in [0.25, 0.3) is 5.91 Å². The van der Waals surface area contributed by atoms with Gasteiger partial charge in [-0.2, -0.15) is 0 Å². The topological polar surface area (TPSA) is 54.5 Å². The third-order valence-corrected chi connectivity index (χ3v) is 7.19. The second-order valence-corrected chi connectivity index (χ2v) is 9.35. The number of aryl methyl sites for hydroxylation is 1. The van der Waals surface area contributed by atoms with Gasteiger partial charge in [-0.3, -0.25) is 9.69 Å². The van der Waals surface area contributed by atoms with Gasteiger partial charge < -0.3 is 10.1 Å². The molecule has 1 aromatic heterocycles. The normalized spacial score (nSPS) is 15.8. The Morgan fingerprint density at radius 2 is 1.97 bits per heavy atom. The lowest BCUT2D eigenvalue weighted by Gasteiger charge is -2.37. The predicted molar refractivity (Wildman–Crippen MR) is 125 cm³/mol. The molecule has 1 amide bonds. The Balaban J connectivity index is 1.42. The van der Waals surface area contributed by atoms with Crippen molar-refractivity contribution in [1.29, 1.82) is 0 Å². The van der Waals surface area contributed by atoms with Gasteiger partial charge in [0.05, 0.1) is 27.8 Å². The van der Waals surface area contributed by atoms with Crippen molar-refractivity contribution in [1.82, 2.24) is 15.2 Å². The van der Waals surface area contributed by atoms with E-state index in [0.717, 1.165) is 22.7 Å². The Kier molecular flexibility index (Phi) is 7.75. The summed E-state index contributed by atoms with van der Waals surface area (Å²) in [5.41, 5.74) is 2.45. The number of benzene rings is 2. The number of amides is 1. The number of nitrogens with zero attached hydrogens (tertiary/aromatic N) is 2. The lowest BCUT2D eigenvalue weighted by atomic mass is 10.0. The number of aromatic nitrogens is 1. The van der Waals surface area contributed by atoms with E-state index in [9.17, 15) is 18.0 Å². The molecular formula is C24H23ClF3N3O2S. The van der Waals surface area contributed by atoms with Crippen molar-refractivity contribution in [3.8, 4) is 5.75 Å². The van der Waals surface area contributed by atoms with Crippen LogP contribution in [-0.4, -0.2) is 41.5 Å². The molecule has 2 heterocycles. The van der Waals surface area contributed by atoms with Gasteiger partial charge in [-0.1, -0.05) is 17.7 Å². The molecule has 3 aromatic rings. The summed E-state index contributed by atoms with van der Waals surface area (Å²) < 4.78 is 46.7. The largest absolute Gasteiger partial charge is 0.490 e. The van der Waals surface area contributed by atoms with Crippen molar-refractivity contribution < 1.29 is 22.7 Å². The van der Waals surface area contributed by atoms with E-state index in [1.807, 2.05) is 6.92 Å². The van der Waals surface area contributed by atoms with E-state index in [1.165, 1.54) is 35.6 Å². The van der Waals surface area contributed by atoms with Crippen LogP contribution in [0, 0.1) is 24.4 Å². The van der Waals surface area contributed by atoms with Gasteiger partial charge in [0, 0.05) is 30.6 Å². The van der Waals surface area contributed by atoms with Crippen LogP contribution in [0.2, 0.25) is 5.02 Å². The van der Waals surface area contributed by atoms with Gasteiger partial charge >= 0.3 is 0 Å². The number of carbonyl (C=O) groups is 1. The maximum atomic E-state index is 14.2. The Labute approximate surface area is 204 Å². The highest BCUT2D eigenvalue weighted by molar-refractivity contribution is 7.09. The number of hydrogen-bond acceptors (Lipinski definition) is 5. The zero-order valence-electron chi connectivity index (χ0n) is 18.4. The standard InChI is InChI=1S/C24H23ClF3N3O2S/c1-14-23(34-13-30-14)21(12-29-24(32)22-17(25)3-2-4-19(22)27)31-9-7-15(8-10-31)33-16-5-6-18(26)20(28)11-16/h2-6,11,13,15,21H,7-10,12H2,1H3,(H,29,32). The third-order valence-electron chi connectivity index (χ3n) is 5.84. The Bertz CT molecular complexity index is 1150. The molecule has 0 spiro atoms. The summed E-state index contributed by atoms with van der Waals surface area (Å²) in [4.78, 5) is 20.3. The van der Waals surface area contributed by atoms with E-state index < -0.39 is 23.4 Å². The second-order valence-electron chi connectivity index (χ2n) is 8.05. The lowest BCUT2D eigenvalue weighted by Crippen LogP contribution is -2.44. The van der Waals surface area contributed by atoms with E-state index in [-0.39, 0.29) is 29.3 Å². The molecule has 1 atom stereocenters. The zero-order valence-corrected chi connectivity index (χ0v) is 19.9. The van der Waals surface area contributed by atoms with E-state index in [2.05, 4.69) is 15.2 Å². The van der Waals surface area contributed by atoms with Crippen LogP contribution in [0.15, 0.2) is 41.9 Å². The first-order chi connectivity index (χ1) is 16.3. The minimum Gasteiger partial charge on any atom is -0.490 e. The summed E-state index contributed by atoms with van der Waals surface area (Å²) in [5.74, 6) is -2.82. The van der Waals surface area contributed by atoms with Crippen molar-refractivity contribution in [2.75, 3.05) is 19.6 Å². The molecule has 34 heavy (non-hydrogen) atoms. The van der Waals surface area contributed by atoms with Crippen LogP contribution in [0.1, 0.15) is 39.8 Å². The first-order valence-corrected chi connectivity index (χ1v) is 12.1. The summed E-state index contributed by atoms with van der Waals surface area (Å²) in [7, 11) is 0. The molecule has 1 aliphatic rings. The lowest BCUT2D eigenvalue weighted by molar-refractivity contribution is 0.0717. The first-order valence-electron chi connectivity index (χ1n) is 10.8. The van der Waals surface area contributed by atoms with Crippen molar-refractivity contribution in [2.24, 2.45) is 0 Å². The van der Waals surface area contributed by atoms with Crippen LogP contribution in [0.4, 0.5) is 13.2 Å². The van der Waals surface area contributed by atoms with E-state index >= 15 is 0 Å². The van der Waals surface area contributed by atoms with Gasteiger partial charge in [-0.25, -0.2) is 18.2 Å². The molecule has 2 aromatic carbocycles. The quantitative estimate of drug-likeness (QED) is 0.454. The number of halogens is 4. The number of nitrogens with one attached hydrogen (secondary N) is 1. The molecule has 0 saturated carbocycles. The summed E-state index contributed by atoms with van der Waals surface area (Å²) in [6, 6.07) is 7.47. The number of thiazole rings is 1. The van der Waals surface area contributed by atoms with Crippen LogP contribution in [0.3, 0.4) is 0 Å². The Morgan fingerprint density at radius 1 is 1.21 bits per heavy atom. The molecule has 180 valence electrons. The minimum absolute atomic E-state index is 0.0539. The molecule has 0 bridgehead atoms. The molecule has 1 fully saturated rings. The van der Waals surface area contributed by atoms with E-state index in [1.54, 1.807) is 5.51 Å². The van der Waals surface area contributed by atoms with Crippen molar-refractivity contribution >= 4 is 28.8 Å². The third kappa shape index (κ3) is 5.54. The highest BCUT2D eigenvalue weighted by Gasteiger charge is 2.30. The van der Waals surface area contributed by atoms with Crippen LogP contribution in [0.25, 0.3) is 0 Å². The summed E-state index contributed by atoms with van der Waals surface area (Å²) >= 11 is 7.54. The second kappa shape index (κ2) is 10.8. The van der Waals surface area contributed by atoms with Crippen molar-refractivity contribution in [2.45, 2.75) is 31.9 Å². The molecule has 10 heteroatoms. The van der Waals surface area contributed by atoms with Gasteiger partial charge in [0.1, 0.15) is 17.7 Å².